The fourth-order valence-corrected chi connectivity index (χ4v) is 1.76. The Balaban J connectivity index is 2.49. The van der Waals surface area contributed by atoms with Gasteiger partial charge in [-0.25, -0.2) is 5.43 Å². The first-order chi connectivity index (χ1) is 9.43. The number of halogens is 1. The first kappa shape index (κ1) is 16.5. The molecule has 1 aromatic rings. The molecule has 0 unspecified atom stereocenters. The highest BCUT2D eigenvalue weighted by Gasteiger charge is 2.06. The average molecular weight is 297 g/mol. The minimum atomic E-state index is -0.274. The smallest absolute Gasteiger partial charge is 0.277 e. The van der Waals surface area contributed by atoms with Crippen LogP contribution in [0.3, 0.4) is 0 Å². The van der Waals surface area contributed by atoms with E-state index in [-0.39, 0.29) is 12.5 Å². The molecule has 0 heterocycles. The van der Waals surface area contributed by atoms with E-state index in [2.05, 4.69) is 10.5 Å². The molecule has 0 radical (unpaired) electrons. The van der Waals surface area contributed by atoms with Crippen LogP contribution in [-0.2, 0) is 4.79 Å². The number of carbonyl (C=O) groups excluding carboxylic acids is 1. The molecule has 0 bridgehead atoms. The number of nitrogens with zero attached hydrogens (tertiary/aromatic N) is 1. The predicted octanol–water partition coefficient (Wildman–Crippen LogP) is 3.57. The van der Waals surface area contributed by atoms with Gasteiger partial charge in [0, 0.05) is 10.7 Å². The number of aryl methyl sites for hydroxylation is 1. The van der Waals surface area contributed by atoms with Crippen molar-refractivity contribution < 1.29 is 9.53 Å². The van der Waals surface area contributed by atoms with Crippen LogP contribution in [0, 0.1) is 12.8 Å². The van der Waals surface area contributed by atoms with Gasteiger partial charge in [-0.15, -0.1) is 0 Å². The summed E-state index contributed by atoms with van der Waals surface area (Å²) in [6.45, 7) is 7.91. The Hall–Kier alpha value is -1.55. The lowest BCUT2D eigenvalue weighted by atomic mass is 10.1. The number of carbonyl (C=O) groups is 1. The van der Waals surface area contributed by atoms with Gasteiger partial charge in [-0.2, -0.15) is 5.10 Å². The van der Waals surface area contributed by atoms with E-state index in [1.807, 2.05) is 27.7 Å². The Morgan fingerprint density at radius 1 is 1.45 bits per heavy atom. The van der Waals surface area contributed by atoms with Crippen LogP contribution in [0.2, 0.25) is 5.02 Å². The molecule has 1 N–H and O–H groups in total. The normalized spacial score (nSPS) is 11.6. The zero-order chi connectivity index (χ0) is 15.1. The van der Waals surface area contributed by atoms with Crippen molar-refractivity contribution in [1.82, 2.24) is 5.43 Å². The minimum Gasteiger partial charge on any atom is -0.484 e. The molecule has 1 amide bonds. The maximum absolute atomic E-state index is 11.6. The summed E-state index contributed by atoms with van der Waals surface area (Å²) in [6.07, 6.45) is 0.815. The van der Waals surface area contributed by atoms with Crippen molar-refractivity contribution in [2.45, 2.75) is 34.1 Å². The van der Waals surface area contributed by atoms with Crippen LogP contribution in [0.15, 0.2) is 23.3 Å². The maximum Gasteiger partial charge on any atom is 0.277 e. The molecule has 110 valence electrons. The zero-order valence-electron chi connectivity index (χ0n) is 12.4. The second kappa shape index (κ2) is 7.90. The van der Waals surface area contributed by atoms with Crippen molar-refractivity contribution in [3.05, 3.63) is 28.8 Å². The highest BCUT2D eigenvalue weighted by Crippen LogP contribution is 2.20. The third kappa shape index (κ3) is 5.21. The number of benzene rings is 1. The van der Waals surface area contributed by atoms with Crippen molar-refractivity contribution in [2.24, 2.45) is 11.0 Å². The van der Waals surface area contributed by atoms with Crippen LogP contribution in [0.5, 0.6) is 5.75 Å². The third-order valence-electron chi connectivity index (χ3n) is 2.85. The van der Waals surface area contributed by atoms with Gasteiger partial charge in [0.1, 0.15) is 5.75 Å². The van der Waals surface area contributed by atoms with Gasteiger partial charge in [-0.05, 0) is 43.0 Å². The molecule has 1 aromatic carbocycles. The van der Waals surface area contributed by atoms with Gasteiger partial charge in [0.15, 0.2) is 6.61 Å². The van der Waals surface area contributed by atoms with Gasteiger partial charge >= 0.3 is 0 Å². The molecule has 5 heteroatoms. The van der Waals surface area contributed by atoms with Crippen molar-refractivity contribution in [3.63, 3.8) is 0 Å². The summed E-state index contributed by atoms with van der Waals surface area (Å²) in [5.41, 5.74) is 4.38. The summed E-state index contributed by atoms with van der Waals surface area (Å²) in [7, 11) is 0. The molecule has 20 heavy (non-hydrogen) atoms. The van der Waals surface area contributed by atoms with Crippen LogP contribution in [0.25, 0.3) is 0 Å². The second-order valence-corrected chi connectivity index (χ2v) is 5.25. The number of nitrogens with one attached hydrogen (secondary N) is 1. The van der Waals surface area contributed by atoms with Crippen molar-refractivity contribution in [2.75, 3.05) is 6.61 Å². The molecule has 0 aromatic heterocycles. The van der Waals surface area contributed by atoms with E-state index in [0.29, 0.717) is 16.7 Å². The van der Waals surface area contributed by atoms with Gasteiger partial charge < -0.3 is 4.74 Å². The topological polar surface area (TPSA) is 50.7 Å². The first-order valence-corrected chi connectivity index (χ1v) is 7.06. The summed E-state index contributed by atoms with van der Waals surface area (Å²) in [5, 5.41) is 4.78. The van der Waals surface area contributed by atoms with Gasteiger partial charge in [-0.1, -0.05) is 32.4 Å². The van der Waals surface area contributed by atoms with Crippen LogP contribution >= 0.6 is 11.6 Å². The number of rotatable bonds is 6. The standard InChI is InChI=1S/C15H21ClN2O2/c1-5-14(10(2)3)17-18-15(19)9-20-12-6-7-13(16)11(4)8-12/h6-8,10H,5,9H2,1-4H3,(H,18,19)/b17-14-. The molecule has 4 nitrogen and oxygen atoms in total. The summed E-state index contributed by atoms with van der Waals surface area (Å²) in [6, 6.07) is 5.28. The number of hydrazone groups is 1. The van der Waals surface area contributed by atoms with Crippen molar-refractivity contribution >= 4 is 23.2 Å². The molecule has 0 aliphatic heterocycles. The summed E-state index contributed by atoms with van der Waals surface area (Å²) >= 11 is 5.92. The fraction of sp³-hybridized carbons (Fsp3) is 0.467. The Labute approximate surface area is 125 Å². The highest BCUT2D eigenvalue weighted by molar-refractivity contribution is 6.31. The Bertz CT molecular complexity index is 499. The number of hydrogen-bond donors (Lipinski definition) is 1. The van der Waals surface area contributed by atoms with E-state index in [1.54, 1.807) is 18.2 Å². The molecule has 0 aliphatic rings. The van der Waals surface area contributed by atoms with Crippen LogP contribution in [0.4, 0.5) is 0 Å². The fourth-order valence-electron chi connectivity index (χ4n) is 1.64. The highest BCUT2D eigenvalue weighted by atomic mass is 35.5. The third-order valence-corrected chi connectivity index (χ3v) is 3.28. The summed E-state index contributed by atoms with van der Waals surface area (Å²) < 4.78 is 5.39. The van der Waals surface area contributed by atoms with Crippen molar-refractivity contribution in [3.8, 4) is 5.75 Å². The van der Waals surface area contributed by atoms with E-state index in [9.17, 15) is 4.79 Å². The monoisotopic (exact) mass is 296 g/mol. The quantitative estimate of drug-likeness (QED) is 0.644. The Morgan fingerprint density at radius 3 is 2.70 bits per heavy atom. The van der Waals surface area contributed by atoms with Gasteiger partial charge in [0.2, 0.25) is 0 Å². The Kier molecular flexibility index (Phi) is 6.52. The molecule has 0 saturated heterocycles. The maximum atomic E-state index is 11.6. The summed E-state index contributed by atoms with van der Waals surface area (Å²) in [4.78, 5) is 11.6. The lowest BCUT2D eigenvalue weighted by Crippen LogP contribution is -2.26. The molecule has 0 spiro atoms. The lowest BCUT2D eigenvalue weighted by molar-refractivity contribution is -0.123. The Morgan fingerprint density at radius 2 is 2.15 bits per heavy atom. The molecular formula is C15H21ClN2O2. The van der Waals surface area contributed by atoms with Gasteiger partial charge in [0.25, 0.3) is 5.91 Å². The van der Waals surface area contributed by atoms with Gasteiger partial charge in [0.05, 0.1) is 0 Å². The van der Waals surface area contributed by atoms with Gasteiger partial charge in [-0.3, -0.25) is 4.79 Å². The summed E-state index contributed by atoms with van der Waals surface area (Å²) in [5.74, 6) is 0.662. The van der Waals surface area contributed by atoms with E-state index in [4.69, 9.17) is 16.3 Å². The van der Waals surface area contributed by atoms with E-state index in [1.165, 1.54) is 0 Å². The zero-order valence-corrected chi connectivity index (χ0v) is 13.1. The molecule has 0 aliphatic carbocycles. The second-order valence-electron chi connectivity index (χ2n) is 4.85. The molecule has 1 rings (SSSR count). The largest absolute Gasteiger partial charge is 0.484 e. The van der Waals surface area contributed by atoms with Crippen LogP contribution in [-0.4, -0.2) is 18.2 Å². The van der Waals surface area contributed by atoms with Crippen molar-refractivity contribution in [1.29, 1.82) is 0 Å². The number of hydrogen-bond acceptors (Lipinski definition) is 3. The number of ether oxygens (including phenoxy) is 1. The lowest BCUT2D eigenvalue weighted by Gasteiger charge is -2.09. The molecule has 0 saturated carbocycles. The van der Waals surface area contributed by atoms with Crippen LogP contribution in [0.1, 0.15) is 32.8 Å². The first-order valence-electron chi connectivity index (χ1n) is 6.68. The average Bonchev–Trinajstić information content (AvgIpc) is 2.40. The molecular weight excluding hydrogens is 276 g/mol. The minimum absolute atomic E-state index is 0.0698. The SMILES string of the molecule is CC/C(=N/NC(=O)COc1ccc(Cl)c(C)c1)C(C)C. The van der Waals surface area contributed by atoms with Crippen LogP contribution < -0.4 is 10.2 Å². The predicted molar refractivity (Wildman–Crippen MR) is 82.4 cm³/mol. The molecule has 0 atom stereocenters. The van der Waals surface area contributed by atoms with E-state index < -0.39 is 0 Å². The number of amides is 1. The van der Waals surface area contributed by atoms with E-state index >= 15 is 0 Å². The molecule has 0 fully saturated rings. The van der Waals surface area contributed by atoms with E-state index in [0.717, 1.165) is 17.7 Å².